The van der Waals surface area contributed by atoms with E-state index in [1.165, 1.54) is 18.5 Å². The molecule has 1 nitrogen and oxygen atoms in total. The summed E-state index contributed by atoms with van der Waals surface area (Å²) in [6.45, 7) is 2.06. The normalized spacial score (nSPS) is 17.9. The van der Waals surface area contributed by atoms with Crippen LogP contribution in [0.3, 0.4) is 0 Å². The molecule has 20 heavy (non-hydrogen) atoms. The molecule has 0 bridgehead atoms. The predicted octanol–water partition coefficient (Wildman–Crippen LogP) is 3.36. The molecule has 0 aromatic heterocycles. The van der Waals surface area contributed by atoms with E-state index in [2.05, 4.69) is 59.2 Å². The molecule has 1 heteroatoms. The van der Waals surface area contributed by atoms with Crippen LogP contribution in [0, 0.1) is 11.8 Å². The Hall–Kier alpha value is -2.04. The first kappa shape index (κ1) is 13.0. The maximum atomic E-state index is 3.30. The third-order valence-corrected chi connectivity index (χ3v) is 3.87. The van der Waals surface area contributed by atoms with Crippen molar-refractivity contribution in [1.29, 1.82) is 0 Å². The molecule has 0 amide bonds. The molecule has 100 valence electrons. The topological polar surface area (TPSA) is 3.24 Å². The van der Waals surface area contributed by atoms with Gasteiger partial charge in [0.1, 0.15) is 0 Å². The van der Waals surface area contributed by atoms with E-state index in [4.69, 9.17) is 0 Å². The Morgan fingerprint density at radius 3 is 2.30 bits per heavy atom. The zero-order valence-corrected chi connectivity index (χ0v) is 11.6. The monoisotopic (exact) mass is 261 g/mol. The smallest absolute Gasteiger partial charge is 0.0607 e. The van der Waals surface area contributed by atoms with E-state index < -0.39 is 0 Å². The van der Waals surface area contributed by atoms with Crippen molar-refractivity contribution in [2.45, 2.75) is 18.9 Å². The van der Waals surface area contributed by atoms with Crippen LogP contribution in [0.15, 0.2) is 60.7 Å². The van der Waals surface area contributed by atoms with Gasteiger partial charge in [0, 0.05) is 18.2 Å². The number of nitrogens with zero attached hydrogens (tertiary/aromatic N) is 1. The van der Waals surface area contributed by atoms with Crippen molar-refractivity contribution in [2.24, 2.45) is 0 Å². The van der Waals surface area contributed by atoms with Gasteiger partial charge in [-0.3, -0.25) is 4.90 Å². The van der Waals surface area contributed by atoms with Gasteiger partial charge < -0.3 is 0 Å². The lowest BCUT2D eigenvalue weighted by Gasteiger charge is -2.40. The van der Waals surface area contributed by atoms with Crippen LogP contribution in [0.1, 0.15) is 17.5 Å². The van der Waals surface area contributed by atoms with E-state index in [9.17, 15) is 0 Å². The van der Waals surface area contributed by atoms with Gasteiger partial charge >= 0.3 is 0 Å². The summed E-state index contributed by atoms with van der Waals surface area (Å²) in [5.41, 5.74) is 2.53. The molecule has 2 aromatic rings. The molecular weight excluding hydrogens is 242 g/mol. The molecule has 1 aliphatic rings. The first-order chi connectivity index (χ1) is 9.92. The van der Waals surface area contributed by atoms with Crippen molar-refractivity contribution in [2.75, 3.05) is 13.1 Å². The van der Waals surface area contributed by atoms with Gasteiger partial charge in [0.05, 0.1) is 6.54 Å². The van der Waals surface area contributed by atoms with Crippen molar-refractivity contribution in [3.05, 3.63) is 71.8 Å². The third-order valence-electron chi connectivity index (χ3n) is 3.87. The van der Waals surface area contributed by atoms with Crippen molar-refractivity contribution >= 4 is 0 Å². The second-order valence-corrected chi connectivity index (χ2v) is 5.27. The second-order valence-electron chi connectivity index (χ2n) is 5.27. The number of hydrogen-bond acceptors (Lipinski definition) is 1. The highest BCUT2D eigenvalue weighted by Crippen LogP contribution is 2.20. The summed E-state index contributed by atoms with van der Waals surface area (Å²) in [6, 6.07) is 21.6. The Morgan fingerprint density at radius 1 is 0.950 bits per heavy atom. The SMILES string of the molecule is C(#Cc1ccccc1)CN1CCC1Cc1ccccc1. The van der Waals surface area contributed by atoms with Crippen LogP contribution < -0.4 is 0 Å². The first-order valence-electron chi connectivity index (χ1n) is 7.24. The third kappa shape index (κ3) is 3.29. The highest BCUT2D eigenvalue weighted by atomic mass is 15.2. The second kappa shape index (κ2) is 6.41. The Labute approximate surface area is 121 Å². The molecule has 2 aromatic carbocycles. The molecule has 0 aliphatic carbocycles. The summed E-state index contributed by atoms with van der Waals surface area (Å²) < 4.78 is 0. The summed E-state index contributed by atoms with van der Waals surface area (Å²) in [7, 11) is 0. The van der Waals surface area contributed by atoms with Gasteiger partial charge in [-0.05, 0) is 30.5 Å². The van der Waals surface area contributed by atoms with Crippen LogP contribution in [-0.4, -0.2) is 24.0 Å². The Balaban J connectivity index is 1.53. The molecule has 0 radical (unpaired) electrons. The van der Waals surface area contributed by atoms with E-state index in [1.54, 1.807) is 0 Å². The number of likely N-dealkylation sites (tertiary alicyclic amines) is 1. The first-order valence-corrected chi connectivity index (χ1v) is 7.24. The van der Waals surface area contributed by atoms with Crippen molar-refractivity contribution in [3.8, 4) is 11.8 Å². The van der Waals surface area contributed by atoms with E-state index in [0.717, 1.165) is 18.5 Å². The Kier molecular flexibility index (Phi) is 4.16. The predicted molar refractivity (Wildman–Crippen MR) is 83.4 cm³/mol. The highest BCUT2D eigenvalue weighted by Gasteiger charge is 2.26. The molecule has 0 spiro atoms. The molecule has 3 rings (SSSR count). The van der Waals surface area contributed by atoms with Gasteiger partial charge in [0.25, 0.3) is 0 Å². The van der Waals surface area contributed by atoms with Crippen LogP contribution in [0.5, 0.6) is 0 Å². The minimum atomic E-state index is 0.669. The van der Waals surface area contributed by atoms with Gasteiger partial charge in [-0.25, -0.2) is 0 Å². The Bertz CT molecular complexity index is 592. The largest absolute Gasteiger partial charge is 0.289 e. The molecule has 1 atom stereocenters. The molecular formula is C19H19N. The standard InChI is InChI=1S/C19H19N/c1-3-8-17(9-4-1)12-7-14-20-15-13-19(20)16-18-10-5-2-6-11-18/h1-6,8-11,19H,13-16H2. The van der Waals surface area contributed by atoms with Gasteiger partial charge in [-0.1, -0.05) is 60.4 Å². The quantitative estimate of drug-likeness (QED) is 0.766. The lowest BCUT2D eigenvalue weighted by Crippen LogP contribution is -2.48. The average molecular weight is 261 g/mol. The molecule has 0 saturated carbocycles. The van der Waals surface area contributed by atoms with Crippen molar-refractivity contribution in [1.82, 2.24) is 4.90 Å². The zero-order valence-electron chi connectivity index (χ0n) is 11.6. The van der Waals surface area contributed by atoms with E-state index in [0.29, 0.717) is 6.04 Å². The van der Waals surface area contributed by atoms with Crippen molar-refractivity contribution in [3.63, 3.8) is 0 Å². The summed E-state index contributed by atoms with van der Waals surface area (Å²) in [5, 5.41) is 0. The molecule has 1 saturated heterocycles. The summed E-state index contributed by atoms with van der Waals surface area (Å²) in [5.74, 6) is 6.53. The fourth-order valence-corrected chi connectivity index (χ4v) is 2.58. The summed E-state index contributed by atoms with van der Waals surface area (Å²) in [4.78, 5) is 2.48. The van der Waals surface area contributed by atoms with Crippen molar-refractivity contribution < 1.29 is 0 Å². The van der Waals surface area contributed by atoms with Crippen LogP contribution in [0.4, 0.5) is 0 Å². The lowest BCUT2D eigenvalue weighted by molar-refractivity contribution is 0.109. The molecule has 1 unspecified atom stereocenters. The van der Waals surface area contributed by atoms with Gasteiger partial charge in [-0.2, -0.15) is 0 Å². The minimum Gasteiger partial charge on any atom is -0.289 e. The average Bonchev–Trinajstić information content (AvgIpc) is 2.50. The minimum absolute atomic E-state index is 0.669. The molecule has 1 heterocycles. The molecule has 0 N–H and O–H groups in total. The van der Waals surface area contributed by atoms with Gasteiger partial charge in [0.2, 0.25) is 0 Å². The Morgan fingerprint density at radius 2 is 1.65 bits per heavy atom. The van der Waals surface area contributed by atoms with E-state index in [1.807, 2.05) is 18.2 Å². The maximum absolute atomic E-state index is 3.30. The number of hydrogen-bond donors (Lipinski definition) is 0. The van der Waals surface area contributed by atoms with Gasteiger partial charge in [0.15, 0.2) is 0 Å². The van der Waals surface area contributed by atoms with Crippen LogP contribution in [0.2, 0.25) is 0 Å². The van der Waals surface area contributed by atoms with E-state index in [-0.39, 0.29) is 0 Å². The fourth-order valence-electron chi connectivity index (χ4n) is 2.58. The van der Waals surface area contributed by atoms with Crippen LogP contribution in [0.25, 0.3) is 0 Å². The summed E-state index contributed by atoms with van der Waals surface area (Å²) in [6.07, 6.45) is 2.44. The maximum Gasteiger partial charge on any atom is 0.0607 e. The van der Waals surface area contributed by atoms with E-state index >= 15 is 0 Å². The van der Waals surface area contributed by atoms with Crippen LogP contribution in [-0.2, 0) is 6.42 Å². The number of benzene rings is 2. The molecule has 1 aliphatic heterocycles. The fraction of sp³-hybridized carbons (Fsp3) is 0.263. The number of rotatable bonds is 3. The highest BCUT2D eigenvalue weighted by molar-refractivity contribution is 5.34. The molecule has 1 fully saturated rings. The van der Waals surface area contributed by atoms with Crippen LogP contribution >= 0.6 is 0 Å². The van der Waals surface area contributed by atoms with Gasteiger partial charge in [-0.15, -0.1) is 0 Å². The zero-order chi connectivity index (χ0) is 13.6. The summed E-state index contributed by atoms with van der Waals surface area (Å²) >= 11 is 0. The lowest BCUT2D eigenvalue weighted by atomic mass is 9.95.